The lowest BCUT2D eigenvalue weighted by Gasteiger charge is -1.99. The summed E-state index contributed by atoms with van der Waals surface area (Å²) in [5.41, 5.74) is 0.768. The SMILES string of the molecule is CCCCON=Cc1ccc(C(F)F)cc1. The zero-order chi connectivity index (χ0) is 11.8. The third-order valence-electron chi connectivity index (χ3n) is 2.05. The summed E-state index contributed by atoms with van der Waals surface area (Å²) in [7, 11) is 0. The second kappa shape index (κ2) is 6.93. The predicted octanol–water partition coefficient (Wildman–Crippen LogP) is 3.77. The van der Waals surface area contributed by atoms with Crippen molar-refractivity contribution < 1.29 is 13.6 Å². The minimum atomic E-state index is -2.42. The standard InChI is InChI=1S/C12H15F2NO/c1-2-3-8-16-15-9-10-4-6-11(7-5-10)12(13)14/h4-7,9,12H,2-3,8H2,1H3. The molecule has 1 aromatic carbocycles. The number of halogens is 2. The predicted molar refractivity (Wildman–Crippen MR) is 59.9 cm³/mol. The van der Waals surface area contributed by atoms with E-state index in [9.17, 15) is 8.78 Å². The summed E-state index contributed by atoms with van der Waals surface area (Å²) in [6.45, 7) is 2.65. The fourth-order valence-corrected chi connectivity index (χ4v) is 1.09. The molecule has 0 saturated carbocycles. The van der Waals surface area contributed by atoms with Gasteiger partial charge in [-0.05, 0) is 12.0 Å². The van der Waals surface area contributed by atoms with Gasteiger partial charge in [0.2, 0.25) is 0 Å². The lowest BCUT2D eigenvalue weighted by Crippen LogP contribution is -1.89. The van der Waals surface area contributed by atoms with Crippen molar-refractivity contribution in [3.63, 3.8) is 0 Å². The molecule has 1 aromatic rings. The van der Waals surface area contributed by atoms with Crippen LogP contribution in [0.2, 0.25) is 0 Å². The number of nitrogens with zero attached hydrogens (tertiary/aromatic N) is 1. The van der Waals surface area contributed by atoms with E-state index < -0.39 is 6.43 Å². The number of alkyl halides is 2. The Morgan fingerprint density at radius 3 is 2.56 bits per heavy atom. The fourth-order valence-electron chi connectivity index (χ4n) is 1.09. The van der Waals surface area contributed by atoms with E-state index in [4.69, 9.17) is 4.84 Å². The zero-order valence-electron chi connectivity index (χ0n) is 9.20. The first-order valence-corrected chi connectivity index (χ1v) is 5.27. The highest BCUT2D eigenvalue weighted by molar-refractivity contribution is 5.79. The lowest BCUT2D eigenvalue weighted by atomic mass is 10.1. The summed E-state index contributed by atoms with van der Waals surface area (Å²) in [6, 6.07) is 5.96. The molecule has 16 heavy (non-hydrogen) atoms. The van der Waals surface area contributed by atoms with Crippen LogP contribution in [0.15, 0.2) is 29.4 Å². The first-order valence-electron chi connectivity index (χ1n) is 5.27. The van der Waals surface area contributed by atoms with Crippen LogP contribution in [0.4, 0.5) is 8.78 Å². The number of benzene rings is 1. The van der Waals surface area contributed by atoms with Crippen molar-refractivity contribution >= 4 is 6.21 Å². The van der Waals surface area contributed by atoms with Crippen LogP contribution >= 0.6 is 0 Å². The fraction of sp³-hybridized carbons (Fsp3) is 0.417. The molecule has 0 unspecified atom stereocenters. The summed E-state index contributed by atoms with van der Waals surface area (Å²) in [6.07, 6.45) is 1.11. The Bertz CT molecular complexity index is 322. The van der Waals surface area contributed by atoms with Crippen LogP contribution in [0.25, 0.3) is 0 Å². The third kappa shape index (κ3) is 4.38. The number of hydrogen-bond donors (Lipinski definition) is 0. The van der Waals surface area contributed by atoms with E-state index >= 15 is 0 Å². The molecule has 0 N–H and O–H groups in total. The maximum atomic E-state index is 12.2. The summed E-state index contributed by atoms with van der Waals surface area (Å²) in [4.78, 5) is 4.98. The Kier molecular flexibility index (Phi) is 5.46. The topological polar surface area (TPSA) is 21.6 Å². The van der Waals surface area contributed by atoms with Crippen LogP contribution in [-0.2, 0) is 4.84 Å². The number of hydrogen-bond acceptors (Lipinski definition) is 2. The molecule has 0 spiro atoms. The van der Waals surface area contributed by atoms with Gasteiger partial charge in [-0.3, -0.25) is 0 Å². The van der Waals surface area contributed by atoms with Crippen molar-refractivity contribution in [3.8, 4) is 0 Å². The molecule has 0 heterocycles. The maximum Gasteiger partial charge on any atom is 0.263 e. The lowest BCUT2D eigenvalue weighted by molar-refractivity contribution is 0.143. The number of oxime groups is 1. The largest absolute Gasteiger partial charge is 0.396 e. The van der Waals surface area contributed by atoms with E-state index in [0.717, 1.165) is 18.4 Å². The van der Waals surface area contributed by atoms with Gasteiger partial charge in [-0.25, -0.2) is 8.78 Å². The van der Waals surface area contributed by atoms with Crippen molar-refractivity contribution in [1.29, 1.82) is 0 Å². The van der Waals surface area contributed by atoms with Gasteiger partial charge < -0.3 is 4.84 Å². The van der Waals surface area contributed by atoms with Crippen LogP contribution in [0, 0.1) is 0 Å². The summed E-state index contributed by atoms with van der Waals surface area (Å²) < 4.78 is 24.5. The molecule has 0 aromatic heterocycles. The van der Waals surface area contributed by atoms with Gasteiger partial charge in [-0.1, -0.05) is 42.8 Å². The van der Waals surface area contributed by atoms with Crippen LogP contribution in [0.5, 0.6) is 0 Å². The van der Waals surface area contributed by atoms with E-state index in [2.05, 4.69) is 12.1 Å². The molecule has 0 fully saturated rings. The molecule has 2 nitrogen and oxygen atoms in total. The molecule has 0 atom stereocenters. The highest BCUT2D eigenvalue weighted by Crippen LogP contribution is 2.18. The van der Waals surface area contributed by atoms with Crippen LogP contribution in [0.1, 0.15) is 37.3 Å². The van der Waals surface area contributed by atoms with E-state index in [0.29, 0.717) is 6.61 Å². The van der Waals surface area contributed by atoms with Crippen LogP contribution in [0.3, 0.4) is 0 Å². The third-order valence-corrected chi connectivity index (χ3v) is 2.05. The summed E-state index contributed by atoms with van der Waals surface area (Å²) in [5, 5.41) is 3.74. The zero-order valence-corrected chi connectivity index (χ0v) is 9.20. The minimum Gasteiger partial charge on any atom is -0.396 e. The van der Waals surface area contributed by atoms with Gasteiger partial charge >= 0.3 is 0 Å². The van der Waals surface area contributed by atoms with Gasteiger partial charge in [0.15, 0.2) is 0 Å². The number of unbranched alkanes of at least 4 members (excludes halogenated alkanes) is 1. The second-order valence-corrected chi connectivity index (χ2v) is 3.39. The Morgan fingerprint density at radius 1 is 1.31 bits per heavy atom. The normalized spacial score (nSPS) is 11.2. The van der Waals surface area contributed by atoms with Crippen molar-refractivity contribution in [2.24, 2.45) is 5.16 Å². The molecular weight excluding hydrogens is 212 g/mol. The highest BCUT2D eigenvalue weighted by atomic mass is 19.3. The van der Waals surface area contributed by atoms with Gasteiger partial charge in [0, 0.05) is 5.56 Å². The summed E-state index contributed by atoms with van der Waals surface area (Å²) >= 11 is 0. The van der Waals surface area contributed by atoms with Crippen molar-refractivity contribution in [2.75, 3.05) is 6.61 Å². The molecule has 0 aliphatic carbocycles. The van der Waals surface area contributed by atoms with E-state index in [1.807, 2.05) is 0 Å². The van der Waals surface area contributed by atoms with Crippen molar-refractivity contribution in [1.82, 2.24) is 0 Å². The van der Waals surface area contributed by atoms with Crippen LogP contribution < -0.4 is 0 Å². The Balaban J connectivity index is 2.42. The first-order chi connectivity index (χ1) is 7.74. The van der Waals surface area contributed by atoms with E-state index in [1.165, 1.54) is 18.3 Å². The average molecular weight is 227 g/mol. The summed E-state index contributed by atoms with van der Waals surface area (Å²) in [5.74, 6) is 0. The average Bonchev–Trinajstić information content (AvgIpc) is 2.29. The Morgan fingerprint density at radius 2 is 2.00 bits per heavy atom. The van der Waals surface area contributed by atoms with Gasteiger partial charge in [0.1, 0.15) is 6.61 Å². The quantitative estimate of drug-likeness (QED) is 0.412. The first kappa shape index (κ1) is 12.6. The van der Waals surface area contributed by atoms with E-state index in [1.54, 1.807) is 12.1 Å². The molecule has 0 aliphatic rings. The van der Waals surface area contributed by atoms with Gasteiger partial charge in [-0.2, -0.15) is 0 Å². The molecule has 88 valence electrons. The monoisotopic (exact) mass is 227 g/mol. The number of rotatable bonds is 6. The Labute approximate surface area is 93.9 Å². The minimum absolute atomic E-state index is 0.0176. The molecule has 1 rings (SSSR count). The van der Waals surface area contributed by atoms with Crippen molar-refractivity contribution in [3.05, 3.63) is 35.4 Å². The smallest absolute Gasteiger partial charge is 0.263 e. The Hall–Kier alpha value is -1.45. The molecule has 4 heteroatoms. The van der Waals surface area contributed by atoms with Crippen LogP contribution in [-0.4, -0.2) is 12.8 Å². The van der Waals surface area contributed by atoms with E-state index in [-0.39, 0.29) is 5.56 Å². The molecule has 0 radical (unpaired) electrons. The molecule has 0 aliphatic heterocycles. The van der Waals surface area contributed by atoms with Gasteiger partial charge in [-0.15, -0.1) is 0 Å². The molecular formula is C12H15F2NO. The van der Waals surface area contributed by atoms with Gasteiger partial charge in [0.05, 0.1) is 6.21 Å². The second-order valence-electron chi connectivity index (χ2n) is 3.39. The highest BCUT2D eigenvalue weighted by Gasteiger charge is 2.04. The van der Waals surface area contributed by atoms with Crippen molar-refractivity contribution in [2.45, 2.75) is 26.2 Å². The van der Waals surface area contributed by atoms with Gasteiger partial charge in [0.25, 0.3) is 6.43 Å². The molecule has 0 bridgehead atoms. The molecule has 0 amide bonds. The molecule has 0 saturated heterocycles. The maximum absolute atomic E-state index is 12.2.